The van der Waals surface area contributed by atoms with Gasteiger partial charge in [0.2, 0.25) is 0 Å². The zero-order valence-corrected chi connectivity index (χ0v) is 6.37. The van der Waals surface area contributed by atoms with Gasteiger partial charge in [-0.15, -0.1) is 0 Å². The van der Waals surface area contributed by atoms with E-state index in [2.05, 4.69) is 16.0 Å². The van der Waals surface area contributed by atoms with Gasteiger partial charge in [-0.2, -0.15) is 0 Å². The quantitative estimate of drug-likeness (QED) is 0.377. The summed E-state index contributed by atoms with van der Waals surface area (Å²) in [6, 6.07) is 0. The summed E-state index contributed by atoms with van der Waals surface area (Å²) >= 11 is 2.06. The van der Waals surface area contributed by atoms with Crippen molar-refractivity contribution in [2.45, 2.75) is 0 Å². The van der Waals surface area contributed by atoms with E-state index < -0.39 is 0 Å². The molecule has 9 heavy (non-hydrogen) atoms. The van der Waals surface area contributed by atoms with Crippen molar-refractivity contribution in [2.75, 3.05) is 0 Å². The molecule has 1 aliphatic rings. The van der Waals surface area contributed by atoms with Gasteiger partial charge in [0, 0.05) is 0 Å². The SMILES string of the molecule is O=C1C=CC(=O)C([SeH])=C1. The molecule has 0 bridgehead atoms. The first-order valence-corrected chi connectivity index (χ1v) is 3.31. The zero-order chi connectivity index (χ0) is 6.85. The number of rotatable bonds is 0. The molecule has 0 aromatic carbocycles. The van der Waals surface area contributed by atoms with Gasteiger partial charge in [-0.3, -0.25) is 0 Å². The molecule has 0 aromatic rings. The van der Waals surface area contributed by atoms with E-state index >= 15 is 0 Å². The first-order chi connectivity index (χ1) is 4.20. The summed E-state index contributed by atoms with van der Waals surface area (Å²) in [6.45, 7) is 0. The summed E-state index contributed by atoms with van der Waals surface area (Å²) in [5.74, 6) is -0.222. The average molecular weight is 187 g/mol. The Balaban J connectivity index is 2.95. The van der Waals surface area contributed by atoms with Crippen molar-refractivity contribution in [3.63, 3.8) is 0 Å². The summed E-state index contributed by atoms with van der Waals surface area (Å²) in [5.41, 5.74) is 0. The fourth-order valence-electron chi connectivity index (χ4n) is 0.497. The minimum absolute atomic E-state index is 0.102. The number of hydrogen-bond donors (Lipinski definition) is 0. The first-order valence-electron chi connectivity index (χ1n) is 2.37. The second kappa shape index (κ2) is 2.29. The van der Waals surface area contributed by atoms with Crippen molar-refractivity contribution in [2.24, 2.45) is 0 Å². The van der Waals surface area contributed by atoms with Gasteiger partial charge in [-0.05, 0) is 0 Å². The molecular formula is C6H4O2Se. The third-order valence-corrected chi connectivity index (χ3v) is 1.66. The molecule has 0 atom stereocenters. The predicted octanol–water partition coefficient (Wildman–Crippen LogP) is -0.521. The molecule has 0 fully saturated rings. The van der Waals surface area contributed by atoms with Crippen molar-refractivity contribution < 1.29 is 9.59 Å². The molecule has 0 N–H and O–H groups in total. The van der Waals surface area contributed by atoms with E-state index in [0.29, 0.717) is 4.47 Å². The molecule has 46 valence electrons. The van der Waals surface area contributed by atoms with Crippen LogP contribution in [0.3, 0.4) is 0 Å². The van der Waals surface area contributed by atoms with Gasteiger partial charge >= 0.3 is 59.9 Å². The second-order valence-electron chi connectivity index (χ2n) is 1.63. The maximum absolute atomic E-state index is 10.6. The summed E-state index contributed by atoms with van der Waals surface area (Å²) < 4.78 is 0.454. The van der Waals surface area contributed by atoms with E-state index in [9.17, 15) is 9.59 Å². The molecule has 0 saturated carbocycles. The van der Waals surface area contributed by atoms with Gasteiger partial charge in [0.15, 0.2) is 0 Å². The van der Waals surface area contributed by atoms with Crippen LogP contribution in [0.25, 0.3) is 0 Å². The normalized spacial score (nSPS) is 18.1. The summed E-state index contributed by atoms with van der Waals surface area (Å²) in [7, 11) is 0. The minimum atomic E-state index is -0.120. The van der Waals surface area contributed by atoms with E-state index in [4.69, 9.17) is 0 Å². The molecule has 0 spiro atoms. The molecule has 1 aliphatic carbocycles. The van der Waals surface area contributed by atoms with Crippen LogP contribution in [0, 0.1) is 0 Å². The molecule has 1 rings (SSSR count). The molecule has 0 saturated heterocycles. The van der Waals surface area contributed by atoms with Crippen molar-refractivity contribution in [3.05, 3.63) is 22.7 Å². The Hall–Kier alpha value is -0.661. The van der Waals surface area contributed by atoms with Gasteiger partial charge in [-0.1, -0.05) is 0 Å². The monoisotopic (exact) mass is 188 g/mol. The first kappa shape index (κ1) is 6.46. The Morgan fingerprint density at radius 2 is 1.89 bits per heavy atom. The topological polar surface area (TPSA) is 34.1 Å². The van der Waals surface area contributed by atoms with Gasteiger partial charge in [0.1, 0.15) is 0 Å². The molecule has 0 aromatic heterocycles. The van der Waals surface area contributed by atoms with Crippen molar-refractivity contribution in [1.29, 1.82) is 0 Å². The molecule has 2 nitrogen and oxygen atoms in total. The molecule has 3 heteroatoms. The summed E-state index contributed by atoms with van der Waals surface area (Å²) in [6.07, 6.45) is 3.84. The van der Waals surface area contributed by atoms with Crippen LogP contribution < -0.4 is 0 Å². The standard InChI is InChI=1S/C6H4O2Se/c7-4-1-2-5(8)6(9)3-4/h1-3,9H. The van der Waals surface area contributed by atoms with E-state index in [1.165, 1.54) is 18.2 Å². The van der Waals surface area contributed by atoms with Crippen LogP contribution in [0.1, 0.15) is 0 Å². The predicted molar refractivity (Wildman–Crippen MR) is 34.4 cm³/mol. The fourth-order valence-corrected chi connectivity index (χ4v) is 0.921. The number of hydrogen-bond acceptors (Lipinski definition) is 2. The van der Waals surface area contributed by atoms with Crippen LogP contribution >= 0.6 is 0 Å². The number of ketones is 2. The third kappa shape index (κ3) is 1.37. The molecule has 0 unspecified atom stereocenters. The Kier molecular flexibility index (Phi) is 1.65. The van der Waals surface area contributed by atoms with E-state index in [1.54, 1.807) is 0 Å². The summed E-state index contributed by atoms with van der Waals surface area (Å²) in [5, 5.41) is 0. The van der Waals surface area contributed by atoms with E-state index in [0.717, 1.165) is 0 Å². The van der Waals surface area contributed by atoms with Crippen LogP contribution in [0.15, 0.2) is 22.7 Å². The van der Waals surface area contributed by atoms with Crippen LogP contribution in [0.5, 0.6) is 0 Å². The van der Waals surface area contributed by atoms with E-state index in [-0.39, 0.29) is 11.6 Å². The molecule has 0 radical (unpaired) electrons. The number of carbonyl (C=O) groups excluding carboxylic acids is 2. The Morgan fingerprint density at radius 1 is 1.22 bits per heavy atom. The van der Waals surface area contributed by atoms with Crippen molar-refractivity contribution >= 4 is 27.6 Å². The van der Waals surface area contributed by atoms with Crippen molar-refractivity contribution in [1.82, 2.24) is 0 Å². The Labute approximate surface area is 60.4 Å². The zero-order valence-electron chi connectivity index (χ0n) is 4.50. The van der Waals surface area contributed by atoms with Crippen LogP contribution in [-0.4, -0.2) is 27.6 Å². The van der Waals surface area contributed by atoms with Gasteiger partial charge in [0.05, 0.1) is 0 Å². The van der Waals surface area contributed by atoms with Gasteiger partial charge in [0.25, 0.3) is 0 Å². The second-order valence-corrected chi connectivity index (χ2v) is 2.64. The van der Waals surface area contributed by atoms with Gasteiger partial charge in [-0.25, -0.2) is 0 Å². The Morgan fingerprint density at radius 3 is 2.33 bits per heavy atom. The summed E-state index contributed by atoms with van der Waals surface area (Å²) in [4.78, 5) is 21.1. The molecule has 0 amide bonds. The molecule has 0 heterocycles. The maximum atomic E-state index is 10.6. The fraction of sp³-hybridized carbons (Fsp3) is 0. The average Bonchev–Trinajstić information content (AvgIpc) is 1.80. The van der Waals surface area contributed by atoms with Crippen LogP contribution in [-0.2, 0) is 9.59 Å². The van der Waals surface area contributed by atoms with Crippen LogP contribution in [0.4, 0.5) is 0 Å². The van der Waals surface area contributed by atoms with E-state index in [1.807, 2.05) is 0 Å². The third-order valence-electron chi connectivity index (χ3n) is 0.930. The molecule has 0 aliphatic heterocycles. The van der Waals surface area contributed by atoms with Crippen molar-refractivity contribution in [3.8, 4) is 0 Å². The molecular weight excluding hydrogens is 183 g/mol. The number of allylic oxidation sites excluding steroid dienone is 4. The van der Waals surface area contributed by atoms with Gasteiger partial charge < -0.3 is 0 Å². The number of carbonyl (C=O) groups is 2. The Bertz CT molecular complexity index is 225. The van der Waals surface area contributed by atoms with Crippen LogP contribution in [0.2, 0.25) is 0 Å².